The van der Waals surface area contributed by atoms with Crippen LogP contribution in [0.1, 0.15) is 24.0 Å². The van der Waals surface area contributed by atoms with E-state index >= 15 is 0 Å². The Morgan fingerprint density at radius 3 is 2.83 bits per heavy atom. The fourth-order valence-corrected chi connectivity index (χ4v) is 3.25. The molecule has 24 heavy (non-hydrogen) atoms. The summed E-state index contributed by atoms with van der Waals surface area (Å²) in [6.07, 6.45) is 2.47. The van der Waals surface area contributed by atoms with Crippen molar-refractivity contribution in [1.82, 2.24) is 5.32 Å². The molecule has 0 spiro atoms. The van der Waals surface area contributed by atoms with Gasteiger partial charge in [-0.05, 0) is 36.6 Å². The lowest BCUT2D eigenvalue weighted by Crippen LogP contribution is -2.31. The van der Waals surface area contributed by atoms with Crippen molar-refractivity contribution in [3.8, 4) is 5.75 Å². The topological polar surface area (TPSA) is 30.5 Å². The predicted molar refractivity (Wildman–Crippen MR) is 104 cm³/mol. The van der Waals surface area contributed by atoms with Crippen LogP contribution in [-0.2, 0) is 11.3 Å². The maximum Gasteiger partial charge on any atom is 0.130 e. The number of benzene rings is 2. The molecule has 0 unspecified atom stereocenters. The fourth-order valence-electron chi connectivity index (χ4n) is 2.65. The molecule has 0 saturated carbocycles. The van der Waals surface area contributed by atoms with Crippen LogP contribution >= 0.6 is 28.1 Å². The van der Waals surface area contributed by atoms with E-state index in [1.54, 1.807) is 0 Å². The maximum absolute atomic E-state index is 5.99. The van der Waals surface area contributed by atoms with Crippen LogP contribution in [0.2, 0.25) is 0 Å². The number of thiocarbonyl (C=S) groups is 1. The summed E-state index contributed by atoms with van der Waals surface area (Å²) in [5.41, 5.74) is 2.03. The zero-order chi connectivity index (χ0) is 16.8. The van der Waals surface area contributed by atoms with Gasteiger partial charge in [0.15, 0.2) is 0 Å². The van der Waals surface area contributed by atoms with Gasteiger partial charge in [-0.15, -0.1) is 0 Å². The summed E-state index contributed by atoms with van der Waals surface area (Å²) < 4.78 is 12.6. The summed E-state index contributed by atoms with van der Waals surface area (Å²) in [5.74, 6) is 0.784. The Kier molecular flexibility index (Phi) is 6.24. The number of hydrogen-bond acceptors (Lipinski definition) is 3. The van der Waals surface area contributed by atoms with Crippen LogP contribution in [0.25, 0.3) is 0 Å². The van der Waals surface area contributed by atoms with E-state index in [4.69, 9.17) is 21.7 Å². The van der Waals surface area contributed by atoms with Crippen LogP contribution in [0.5, 0.6) is 5.75 Å². The first-order valence-corrected chi connectivity index (χ1v) is 9.28. The molecule has 2 aromatic rings. The van der Waals surface area contributed by atoms with Gasteiger partial charge >= 0.3 is 0 Å². The third kappa shape index (κ3) is 4.79. The molecule has 0 aromatic heterocycles. The van der Waals surface area contributed by atoms with Gasteiger partial charge in [0.1, 0.15) is 17.3 Å². The second-order valence-electron chi connectivity index (χ2n) is 5.76. The lowest BCUT2D eigenvalue weighted by molar-refractivity contribution is 0.114. The van der Waals surface area contributed by atoms with E-state index in [1.165, 1.54) is 0 Å². The lowest BCUT2D eigenvalue weighted by Gasteiger charge is -2.16. The molecule has 5 heteroatoms. The van der Waals surface area contributed by atoms with E-state index in [2.05, 4.69) is 21.2 Å². The van der Waals surface area contributed by atoms with Gasteiger partial charge in [0.25, 0.3) is 0 Å². The molecule has 3 rings (SSSR count). The average molecular weight is 406 g/mol. The van der Waals surface area contributed by atoms with Gasteiger partial charge in [0.05, 0.1) is 11.7 Å². The minimum Gasteiger partial charge on any atom is -0.488 e. The molecular weight excluding hydrogens is 386 g/mol. The van der Waals surface area contributed by atoms with E-state index < -0.39 is 0 Å². The smallest absolute Gasteiger partial charge is 0.130 e. The first-order chi connectivity index (χ1) is 11.7. The highest BCUT2D eigenvalue weighted by atomic mass is 79.9. The van der Waals surface area contributed by atoms with Crippen LogP contribution in [0.15, 0.2) is 53.0 Å². The van der Waals surface area contributed by atoms with Crippen molar-refractivity contribution in [3.05, 3.63) is 64.1 Å². The maximum atomic E-state index is 5.99. The highest BCUT2D eigenvalue weighted by Crippen LogP contribution is 2.25. The molecule has 2 aromatic carbocycles. The monoisotopic (exact) mass is 405 g/mol. The Morgan fingerprint density at radius 2 is 2.08 bits per heavy atom. The molecule has 1 heterocycles. The fraction of sp³-hybridized carbons (Fsp3) is 0.316. The summed E-state index contributed by atoms with van der Waals surface area (Å²) in [7, 11) is 0. The molecule has 0 radical (unpaired) electrons. The van der Waals surface area contributed by atoms with Crippen LogP contribution in [-0.4, -0.2) is 24.2 Å². The molecule has 0 bridgehead atoms. The molecule has 0 amide bonds. The Hall–Kier alpha value is -1.43. The van der Waals surface area contributed by atoms with Crippen molar-refractivity contribution in [2.45, 2.75) is 25.6 Å². The van der Waals surface area contributed by atoms with E-state index in [9.17, 15) is 0 Å². The minimum absolute atomic E-state index is 0.254. The van der Waals surface area contributed by atoms with E-state index in [1.807, 2.05) is 48.5 Å². The summed E-state index contributed by atoms with van der Waals surface area (Å²) in [6, 6.07) is 16.0. The number of rotatable bonds is 6. The van der Waals surface area contributed by atoms with Gasteiger partial charge in [-0.2, -0.15) is 0 Å². The van der Waals surface area contributed by atoms with E-state index in [-0.39, 0.29) is 6.10 Å². The number of nitrogens with one attached hydrogen (secondary N) is 1. The number of ether oxygens (including phenoxy) is 2. The van der Waals surface area contributed by atoms with Gasteiger partial charge in [-0.1, -0.05) is 58.5 Å². The zero-order valence-corrected chi connectivity index (χ0v) is 15.7. The van der Waals surface area contributed by atoms with Crippen molar-refractivity contribution >= 4 is 33.1 Å². The van der Waals surface area contributed by atoms with Crippen molar-refractivity contribution in [3.63, 3.8) is 0 Å². The Morgan fingerprint density at radius 1 is 1.25 bits per heavy atom. The molecule has 1 N–H and O–H groups in total. The Labute approximate surface area is 156 Å². The van der Waals surface area contributed by atoms with Gasteiger partial charge in [0, 0.05) is 17.6 Å². The normalized spacial score (nSPS) is 16.8. The third-order valence-electron chi connectivity index (χ3n) is 3.94. The van der Waals surface area contributed by atoms with E-state index in [0.717, 1.165) is 47.3 Å². The summed E-state index contributed by atoms with van der Waals surface area (Å²) >= 11 is 9.08. The van der Waals surface area contributed by atoms with E-state index in [0.29, 0.717) is 11.6 Å². The van der Waals surface area contributed by atoms with Crippen LogP contribution in [0.3, 0.4) is 0 Å². The summed E-state index contributed by atoms with van der Waals surface area (Å²) in [6.45, 7) is 2.11. The first kappa shape index (κ1) is 17.4. The lowest BCUT2D eigenvalue weighted by atomic mass is 10.2. The third-order valence-corrected chi connectivity index (χ3v) is 4.80. The summed E-state index contributed by atoms with van der Waals surface area (Å²) in [4.78, 5) is 0.690. The highest BCUT2D eigenvalue weighted by molar-refractivity contribution is 9.10. The van der Waals surface area contributed by atoms with Crippen molar-refractivity contribution < 1.29 is 9.47 Å². The average Bonchev–Trinajstić information content (AvgIpc) is 3.13. The molecule has 1 aliphatic heterocycles. The van der Waals surface area contributed by atoms with Gasteiger partial charge in [0.2, 0.25) is 0 Å². The highest BCUT2D eigenvalue weighted by Gasteiger charge is 2.17. The molecule has 0 aliphatic carbocycles. The van der Waals surface area contributed by atoms with Crippen molar-refractivity contribution in [1.29, 1.82) is 0 Å². The number of hydrogen-bond donors (Lipinski definition) is 1. The Bertz CT molecular complexity index is 687. The molecule has 1 atom stereocenters. The first-order valence-electron chi connectivity index (χ1n) is 8.08. The van der Waals surface area contributed by atoms with Crippen LogP contribution in [0.4, 0.5) is 0 Å². The Balaban J connectivity index is 1.66. The largest absolute Gasteiger partial charge is 0.488 e. The van der Waals surface area contributed by atoms with Gasteiger partial charge < -0.3 is 14.8 Å². The molecule has 1 fully saturated rings. The second-order valence-corrected chi connectivity index (χ2v) is 7.08. The quantitative estimate of drug-likeness (QED) is 0.717. The van der Waals surface area contributed by atoms with Crippen LogP contribution < -0.4 is 10.1 Å². The molecular formula is C19H20BrNO2S. The second kappa shape index (κ2) is 8.60. The zero-order valence-electron chi connectivity index (χ0n) is 13.3. The molecule has 1 aliphatic rings. The standard InChI is InChI=1S/C19H20BrNO2S/c20-15-8-9-18(23-13-14-5-2-1-3-6-14)17(11-15)19(24)21-12-16-7-4-10-22-16/h1-3,5-6,8-9,11,16H,4,7,10,12-13H2,(H,21,24)/t16-/m1/s1. The molecule has 3 nitrogen and oxygen atoms in total. The van der Waals surface area contributed by atoms with Gasteiger partial charge in [-0.3, -0.25) is 0 Å². The van der Waals surface area contributed by atoms with Crippen LogP contribution in [0, 0.1) is 0 Å². The van der Waals surface area contributed by atoms with Crippen molar-refractivity contribution in [2.75, 3.05) is 13.2 Å². The summed E-state index contributed by atoms with van der Waals surface area (Å²) in [5, 5.41) is 3.31. The molecule has 1 saturated heterocycles. The molecule has 126 valence electrons. The number of halogens is 1. The van der Waals surface area contributed by atoms with Gasteiger partial charge in [-0.25, -0.2) is 0 Å². The predicted octanol–water partition coefficient (Wildman–Crippen LogP) is 4.47. The minimum atomic E-state index is 0.254. The SMILES string of the molecule is S=C(NC[C@H]1CCCO1)c1cc(Br)ccc1OCc1ccccc1. The van der Waals surface area contributed by atoms with Crippen molar-refractivity contribution in [2.24, 2.45) is 0 Å².